The lowest BCUT2D eigenvalue weighted by atomic mass is 10.8. The molecule has 0 aromatic rings. The van der Waals surface area contributed by atoms with Crippen molar-refractivity contribution >= 4 is 18.0 Å². The summed E-state index contributed by atoms with van der Waals surface area (Å²) in [6.07, 6.45) is 1.15. The first kappa shape index (κ1) is 5.69. The number of ether oxygens (including phenoxy) is 1. The summed E-state index contributed by atoms with van der Waals surface area (Å²) in [4.78, 5) is 10.1. The maximum Gasteiger partial charge on any atom is 0.527 e. The molecule has 8 heavy (non-hydrogen) atoms. The third kappa shape index (κ3) is 1.58. The van der Waals surface area contributed by atoms with E-state index in [4.69, 9.17) is 0 Å². The molecule has 1 fully saturated rings. The van der Waals surface area contributed by atoms with E-state index in [0.717, 1.165) is 12.8 Å². The Morgan fingerprint density at radius 2 is 2.25 bits per heavy atom. The molecule has 3 nitrogen and oxygen atoms in total. The minimum absolute atomic E-state index is 0.0706. The molecule has 0 N–H and O–H groups in total. The largest absolute Gasteiger partial charge is 0.527 e. The molecular formula is C4H5ClO3. The fraction of sp³-hybridized carbons (Fsp3) is 0.750. The zero-order valence-corrected chi connectivity index (χ0v) is 4.85. The van der Waals surface area contributed by atoms with Crippen molar-refractivity contribution in [3.05, 3.63) is 0 Å². The van der Waals surface area contributed by atoms with Crippen molar-refractivity contribution < 1.29 is 13.8 Å². The second-order valence-electron chi connectivity index (χ2n) is 1.64. The van der Waals surface area contributed by atoms with Crippen LogP contribution in [0.5, 0.6) is 0 Å². The Morgan fingerprint density at radius 1 is 1.62 bits per heavy atom. The van der Waals surface area contributed by atoms with Crippen LogP contribution in [0.3, 0.4) is 0 Å². The van der Waals surface area contributed by atoms with Crippen LogP contribution >= 0.6 is 11.9 Å². The lowest BCUT2D eigenvalue weighted by Crippen LogP contribution is -2.02. The third-order valence-electron chi connectivity index (χ3n) is 0.850. The molecule has 0 saturated heterocycles. The van der Waals surface area contributed by atoms with Gasteiger partial charge in [-0.2, -0.15) is 0 Å². The molecule has 0 radical (unpaired) electrons. The first-order valence-corrected chi connectivity index (χ1v) is 2.63. The maximum absolute atomic E-state index is 10.1. The van der Waals surface area contributed by atoms with Crippen LogP contribution < -0.4 is 0 Å². The zero-order chi connectivity index (χ0) is 5.98. The number of hydrogen-bond acceptors (Lipinski definition) is 3. The molecule has 0 atom stereocenters. The van der Waals surface area contributed by atoms with Crippen molar-refractivity contribution in [2.45, 2.75) is 18.9 Å². The van der Waals surface area contributed by atoms with Gasteiger partial charge in [0.15, 0.2) is 0 Å². The number of rotatable bonds is 1. The Labute approximate surface area is 51.7 Å². The average molecular weight is 137 g/mol. The SMILES string of the molecule is O=C(OCl)OC1CC1. The molecule has 0 aromatic carbocycles. The van der Waals surface area contributed by atoms with Gasteiger partial charge in [0.2, 0.25) is 0 Å². The number of carbonyl (C=O) groups is 1. The van der Waals surface area contributed by atoms with Crippen LogP contribution in [-0.2, 0) is 9.03 Å². The highest BCUT2D eigenvalue weighted by Crippen LogP contribution is 2.23. The van der Waals surface area contributed by atoms with E-state index in [1.54, 1.807) is 0 Å². The van der Waals surface area contributed by atoms with Crippen LogP contribution in [0.4, 0.5) is 4.79 Å². The smallest absolute Gasteiger partial charge is 0.430 e. The van der Waals surface area contributed by atoms with E-state index in [1.807, 2.05) is 0 Å². The van der Waals surface area contributed by atoms with Gasteiger partial charge < -0.3 is 9.03 Å². The van der Waals surface area contributed by atoms with Crippen molar-refractivity contribution in [1.29, 1.82) is 0 Å². The summed E-state index contributed by atoms with van der Waals surface area (Å²) >= 11 is 4.65. The average Bonchev–Trinajstić information content (AvgIpc) is 2.50. The molecular weight excluding hydrogens is 131 g/mol. The fourth-order valence-corrected chi connectivity index (χ4v) is 0.377. The molecule has 4 heteroatoms. The summed E-state index contributed by atoms with van der Waals surface area (Å²) in [5.74, 6) is 0. The Bertz CT molecular complexity index is 99.5. The minimum Gasteiger partial charge on any atom is -0.430 e. The molecule has 0 bridgehead atoms. The summed E-state index contributed by atoms with van der Waals surface area (Å²) in [5, 5.41) is 0. The number of halogens is 1. The molecule has 0 amide bonds. The first-order chi connectivity index (χ1) is 3.83. The van der Waals surface area contributed by atoms with Gasteiger partial charge in [0.25, 0.3) is 0 Å². The molecule has 0 aromatic heterocycles. The number of hydrogen-bond donors (Lipinski definition) is 0. The van der Waals surface area contributed by atoms with E-state index in [0.29, 0.717) is 0 Å². The second-order valence-corrected chi connectivity index (χ2v) is 1.80. The lowest BCUT2D eigenvalue weighted by molar-refractivity contribution is 0.0960. The topological polar surface area (TPSA) is 35.5 Å². The van der Waals surface area contributed by atoms with E-state index in [1.165, 1.54) is 0 Å². The summed E-state index contributed by atoms with van der Waals surface area (Å²) in [5.41, 5.74) is 0. The van der Waals surface area contributed by atoms with Crippen molar-refractivity contribution in [2.75, 3.05) is 0 Å². The lowest BCUT2D eigenvalue weighted by Gasteiger charge is -1.94. The van der Waals surface area contributed by atoms with Gasteiger partial charge in [0.05, 0.1) is 0 Å². The van der Waals surface area contributed by atoms with Crippen molar-refractivity contribution in [3.63, 3.8) is 0 Å². The minimum atomic E-state index is -0.797. The predicted molar refractivity (Wildman–Crippen MR) is 26.4 cm³/mol. The van der Waals surface area contributed by atoms with Crippen molar-refractivity contribution in [3.8, 4) is 0 Å². The normalized spacial score (nSPS) is 17.6. The number of carbonyl (C=O) groups excluding carboxylic acids is 1. The van der Waals surface area contributed by atoms with E-state index >= 15 is 0 Å². The summed E-state index contributed by atoms with van der Waals surface area (Å²) < 4.78 is 8.23. The monoisotopic (exact) mass is 136 g/mol. The van der Waals surface area contributed by atoms with Crippen LogP contribution in [0.25, 0.3) is 0 Å². The predicted octanol–water partition coefficient (Wildman–Crippen LogP) is 1.46. The summed E-state index contributed by atoms with van der Waals surface area (Å²) in [6, 6.07) is 0. The van der Waals surface area contributed by atoms with Crippen LogP contribution in [0.2, 0.25) is 0 Å². The highest BCUT2D eigenvalue weighted by atomic mass is 35.5. The standard InChI is InChI=1S/C4H5ClO3/c5-8-4(6)7-3-1-2-3/h3H,1-2H2. The van der Waals surface area contributed by atoms with Crippen LogP contribution in [0, 0.1) is 0 Å². The Kier molecular flexibility index (Phi) is 1.58. The van der Waals surface area contributed by atoms with Crippen molar-refractivity contribution in [2.24, 2.45) is 0 Å². The van der Waals surface area contributed by atoms with Gasteiger partial charge in [-0.1, -0.05) is 0 Å². The van der Waals surface area contributed by atoms with Gasteiger partial charge in [-0.15, -0.1) is 0 Å². The Hall–Kier alpha value is -0.440. The highest BCUT2D eigenvalue weighted by Gasteiger charge is 2.26. The third-order valence-corrected chi connectivity index (χ3v) is 0.976. The highest BCUT2D eigenvalue weighted by molar-refractivity contribution is 6.12. The molecule has 0 spiro atoms. The second kappa shape index (κ2) is 2.22. The summed E-state index contributed by atoms with van der Waals surface area (Å²) in [7, 11) is 0. The molecule has 1 saturated carbocycles. The molecule has 1 aliphatic carbocycles. The van der Waals surface area contributed by atoms with Crippen LogP contribution in [0.1, 0.15) is 12.8 Å². The van der Waals surface area contributed by atoms with Crippen LogP contribution in [0.15, 0.2) is 0 Å². The van der Waals surface area contributed by atoms with Gasteiger partial charge in [-0.25, -0.2) is 4.79 Å². The molecule has 0 unspecified atom stereocenters. The van der Waals surface area contributed by atoms with Gasteiger partial charge in [0.1, 0.15) is 18.0 Å². The van der Waals surface area contributed by atoms with E-state index < -0.39 is 6.16 Å². The first-order valence-electron chi connectivity index (χ1n) is 2.32. The van der Waals surface area contributed by atoms with E-state index in [9.17, 15) is 4.79 Å². The molecule has 1 aliphatic rings. The van der Waals surface area contributed by atoms with Crippen LogP contribution in [-0.4, -0.2) is 12.3 Å². The molecule has 0 heterocycles. The van der Waals surface area contributed by atoms with Gasteiger partial charge >= 0.3 is 6.16 Å². The van der Waals surface area contributed by atoms with Crippen molar-refractivity contribution in [1.82, 2.24) is 0 Å². The molecule has 46 valence electrons. The molecule has 1 rings (SSSR count). The van der Waals surface area contributed by atoms with Gasteiger partial charge in [-0.05, 0) is 12.8 Å². The summed E-state index contributed by atoms with van der Waals surface area (Å²) in [6.45, 7) is 0. The van der Waals surface area contributed by atoms with E-state index in [2.05, 4.69) is 20.9 Å². The quantitative estimate of drug-likeness (QED) is 0.512. The van der Waals surface area contributed by atoms with E-state index in [-0.39, 0.29) is 6.10 Å². The van der Waals surface area contributed by atoms with Gasteiger partial charge in [-0.3, -0.25) is 0 Å². The van der Waals surface area contributed by atoms with Gasteiger partial charge in [0, 0.05) is 0 Å². The molecule has 0 aliphatic heterocycles. The Morgan fingerprint density at radius 3 is 2.62 bits per heavy atom. The maximum atomic E-state index is 10.1. The Balaban J connectivity index is 2.07. The fourth-order valence-electron chi connectivity index (χ4n) is 0.340. The zero-order valence-electron chi connectivity index (χ0n) is 4.09.